The van der Waals surface area contributed by atoms with Gasteiger partial charge < -0.3 is 0 Å². The number of nitrogens with zero attached hydrogens (tertiary/aromatic N) is 1. The Balaban J connectivity index is 2.74. The molecule has 14 heavy (non-hydrogen) atoms. The second-order valence-electron chi connectivity index (χ2n) is 3.94. The zero-order valence-corrected chi connectivity index (χ0v) is 9.90. The number of terminal acetylenes is 1. The van der Waals surface area contributed by atoms with Gasteiger partial charge in [-0.1, -0.05) is 5.92 Å². The Morgan fingerprint density at radius 1 is 1.64 bits per heavy atom. The molecule has 0 amide bonds. The van der Waals surface area contributed by atoms with Crippen LogP contribution in [0.3, 0.4) is 0 Å². The first kappa shape index (κ1) is 11.2. The standard InChI is InChI=1S/C11H16N2S/c1-6-11(4,5)13-9(3)10-8(2)12-7-14-10/h1,7,9,13H,2-5H3. The van der Waals surface area contributed by atoms with Gasteiger partial charge in [-0.15, -0.1) is 17.8 Å². The molecule has 2 nitrogen and oxygen atoms in total. The molecule has 0 aliphatic carbocycles. The van der Waals surface area contributed by atoms with Crippen molar-refractivity contribution in [1.82, 2.24) is 10.3 Å². The van der Waals surface area contributed by atoms with E-state index in [0.717, 1.165) is 5.69 Å². The van der Waals surface area contributed by atoms with Gasteiger partial charge in [0.25, 0.3) is 0 Å². The molecule has 0 aliphatic heterocycles. The van der Waals surface area contributed by atoms with Crippen LogP contribution in [0.5, 0.6) is 0 Å². The smallest absolute Gasteiger partial charge is 0.0798 e. The highest BCUT2D eigenvalue weighted by Gasteiger charge is 2.19. The normalized spacial score (nSPS) is 13.6. The molecule has 0 bridgehead atoms. The second kappa shape index (κ2) is 4.12. The van der Waals surface area contributed by atoms with E-state index in [-0.39, 0.29) is 11.6 Å². The molecule has 1 rings (SSSR count). The van der Waals surface area contributed by atoms with E-state index in [1.54, 1.807) is 11.3 Å². The van der Waals surface area contributed by atoms with Crippen LogP contribution in [-0.2, 0) is 0 Å². The predicted molar refractivity (Wildman–Crippen MR) is 61.3 cm³/mol. The molecule has 1 aromatic rings. The molecule has 0 radical (unpaired) electrons. The number of thiazole rings is 1. The average Bonchev–Trinajstić information content (AvgIpc) is 2.51. The highest BCUT2D eigenvalue weighted by molar-refractivity contribution is 7.09. The van der Waals surface area contributed by atoms with E-state index in [9.17, 15) is 0 Å². The highest BCUT2D eigenvalue weighted by Crippen LogP contribution is 2.22. The predicted octanol–water partition coefficient (Wildman–Crippen LogP) is 2.51. The van der Waals surface area contributed by atoms with Crippen LogP contribution in [0.15, 0.2) is 5.51 Å². The summed E-state index contributed by atoms with van der Waals surface area (Å²) in [7, 11) is 0. The van der Waals surface area contributed by atoms with Gasteiger partial charge in [-0.05, 0) is 27.7 Å². The first-order chi connectivity index (χ1) is 6.46. The molecule has 3 heteroatoms. The molecule has 1 unspecified atom stereocenters. The summed E-state index contributed by atoms with van der Waals surface area (Å²) < 4.78 is 0. The maximum Gasteiger partial charge on any atom is 0.0798 e. The van der Waals surface area contributed by atoms with E-state index in [0.29, 0.717) is 0 Å². The third-order valence-electron chi connectivity index (χ3n) is 2.11. The van der Waals surface area contributed by atoms with Crippen molar-refractivity contribution in [3.05, 3.63) is 16.1 Å². The first-order valence-electron chi connectivity index (χ1n) is 4.62. The maximum absolute atomic E-state index is 5.42. The van der Waals surface area contributed by atoms with Gasteiger partial charge in [-0.25, -0.2) is 4.98 Å². The lowest BCUT2D eigenvalue weighted by atomic mass is 10.1. The van der Waals surface area contributed by atoms with Gasteiger partial charge in [-0.3, -0.25) is 5.32 Å². The molecule has 0 saturated carbocycles. The van der Waals surface area contributed by atoms with Gasteiger partial charge in [-0.2, -0.15) is 0 Å². The molecule has 0 aromatic carbocycles. The van der Waals surface area contributed by atoms with Crippen molar-refractivity contribution in [3.8, 4) is 12.3 Å². The van der Waals surface area contributed by atoms with E-state index >= 15 is 0 Å². The number of nitrogens with one attached hydrogen (secondary N) is 1. The van der Waals surface area contributed by atoms with E-state index in [1.807, 2.05) is 26.3 Å². The maximum atomic E-state index is 5.42. The van der Waals surface area contributed by atoms with E-state index in [1.165, 1.54) is 4.88 Å². The van der Waals surface area contributed by atoms with Crippen molar-refractivity contribution in [2.24, 2.45) is 0 Å². The van der Waals surface area contributed by atoms with Gasteiger partial charge in [0, 0.05) is 10.9 Å². The minimum atomic E-state index is -0.268. The van der Waals surface area contributed by atoms with Crippen LogP contribution in [0.2, 0.25) is 0 Å². The first-order valence-corrected chi connectivity index (χ1v) is 5.49. The van der Waals surface area contributed by atoms with Crippen molar-refractivity contribution < 1.29 is 0 Å². The molecule has 1 atom stereocenters. The fourth-order valence-corrected chi connectivity index (χ4v) is 2.19. The van der Waals surface area contributed by atoms with Gasteiger partial charge in [0.05, 0.1) is 16.7 Å². The Morgan fingerprint density at radius 2 is 2.29 bits per heavy atom. The van der Waals surface area contributed by atoms with Crippen LogP contribution in [-0.4, -0.2) is 10.5 Å². The fraction of sp³-hybridized carbons (Fsp3) is 0.545. The average molecular weight is 208 g/mol. The molecule has 0 aliphatic rings. The van der Waals surface area contributed by atoms with Gasteiger partial charge in [0.15, 0.2) is 0 Å². The molecule has 1 N–H and O–H groups in total. The summed E-state index contributed by atoms with van der Waals surface area (Å²) in [6, 6.07) is 0.258. The van der Waals surface area contributed by atoms with Crippen molar-refractivity contribution in [2.75, 3.05) is 0 Å². The molecule has 0 fully saturated rings. The summed E-state index contributed by atoms with van der Waals surface area (Å²) in [6.07, 6.45) is 5.42. The molecule has 0 saturated heterocycles. The lowest BCUT2D eigenvalue weighted by molar-refractivity contribution is 0.434. The Morgan fingerprint density at radius 3 is 2.71 bits per heavy atom. The topological polar surface area (TPSA) is 24.9 Å². The number of aromatic nitrogens is 1. The number of rotatable bonds is 3. The van der Waals surface area contributed by atoms with Crippen LogP contribution in [0, 0.1) is 19.3 Å². The molecular weight excluding hydrogens is 192 g/mol. The number of hydrogen-bond acceptors (Lipinski definition) is 3. The summed E-state index contributed by atoms with van der Waals surface area (Å²) >= 11 is 1.67. The highest BCUT2D eigenvalue weighted by atomic mass is 32.1. The summed E-state index contributed by atoms with van der Waals surface area (Å²) in [5.41, 5.74) is 2.68. The zero-order valence-electron chi connectivity index (χ0n) is 9.09. The molecule has 76 valence electrons. The Labute approximate surface area is 89.8 Å². The van der Waals surface area contributed by atoms with Gasteiger partial charge >= 0.3 is 0 Å². The summed E-state index contributed by atoms with van der Waals surface area (Å²) in [5.74, 6) is 2.73. The quantitative estimate of drug-likeness (QED) is 0.772. The lowest BCUT2D eigenvalue weighted by Gasteiger charge is -2.24. The number of hydrogen-bond donors (Lipinski definition) is 1. The summed E-state index contributed by atoms with van der Waals surface area (Å²) in [6.45, 7) is 8.13. The van der Waals surface area contributed by atoms with Crippen LogP contribution in [0.1, 0.15) is 37.4 Å². The molecule has 1 aromatic heterocycles. The lowest BCUT2D eigenvalue weighted by Crippen LogP contribution is -2.39. The monoisotopic (exact) mass is 208 g/mol. The fourth-order valence-electron chi connectivity index (χ4n) is 1.37. The minimum Gasteiger partial charge on any atom is -0.294 e. The van der Waals surface area contributed by atoms with Crippen LogP contribution in [0.25, 0.3) is 0 Å². The van der Waals surface area contributed by atoms with Crippen LogP contribution < -0.4 is 5.32 Å². The zero-order chi connectivity index (χ0) is 10.8. The largest absolute Gasteiger partial charge is 0.294 e. The third-order valence-corrected chi connectivity index (χ3v) is 3.23. The Bertz CT molecular complexity index is 346. The Hall–Kier alpha value is -0.850. The van der Waals surface area contributed by atoms with E-state index < -0.39 is 0 Å². The number of aryl methyl sites for hydroxylation is 1. The molecule has 1 heterocycles. The van der Waals surface area contributed by atoms with Crippen LogP contribution in [0.4, 0.5) is 0 Å². The summed E-state index contributed by atoms with van der Waals surface area (Å²) in [5, 5.41) is 3.38. The Kier molecular flexibility index (Phi) is 3.30. The van der Waals surface area contributed by atoms with Gasteiger partial charge in [0.1, 0.15) is 0 Å². The molecule has 0 spiro atoms. The van der Waals surface area contributed by atoms with Crippen molar-refractivity contribution in [2.45, 2.75) is 39.3 Å². The van der Waals surface area contributed by atoms with Gasteiger partial charge in [0.2, 0.25) is 0 Å². The van der Waals surface area contributed by atoms with Crippen molar-refractivity contribution in [3.63, 3.8) is 0 Å². The van der Waals surface area contributed by atoms with E-state index in [2.05, 4.69) is 23.1 Å². The minimum absolute atomic E-state index is 0.258. The summed E-state index contributed by atoms with van der Waals surface area (Å²) in [4.78, 5) is 5.48. The van der Waals surface area contributed by atoms with E-state index in [4.69, 9.17) is 6.42 Å². The third kappa shape index (κ3) is 2.57. The molecular formula is C11H16N2S. The van der Waals surface area contributed by atoms with Crippen LogP contribution >= 0.6 is 11.3 Å². The SMILES string of the molecule is C#CC(C)(C)NC(C)c1scnc1C. The van der Waals surface area contributed by atoms with Crippen molar-refractivity contribution in [1.29, 1.82) is 0 Å². The van der Waals surface area contributed by atoms with Crippen molar-refractivity contribution >= 4 is 11.3 Å². The second-order valence-corrected chi connectivity index (χ2v) is 4.82.